The van der Waals surface area contributed by atoms with Gasteiger partial charge >= 0.3 is 0 Å². The number of pyridine rings is 1. The van der Waals surface area contributed by atoms with Crippen molar-refractivity contribution in [2.45, 2.75) is 6.92 Å². The van der Waals surface area contributed by atoms with Gasteiger partial charge in [0.15, 0.2) is 0 Å². The van der Waals surface area contributed by atoms with Crippen molar-refractivity contribution in [3.05, 3.63) is 36.0 Å². The molecule has 0 saturated carbocycles. The van der Waals surface area contributed by atoms with Crippen LogP contribution in [0.4, 0.5) is 5.69 Å². The van der Waals surface area contributed by atoms with Crippen LogP contribution in [0.2, 0.25) is 0 Å². The maximum atomic E-state index is 5.38. The summed E-state index contributed by atoms with van der Waals surface area (Å²) in [4.78, 5) is 4.26. The minimum absolute atomic E-state index is 0.907. The van der Waals surface area contributed by atoms with Gasteiger partial charge in [-0.2, -0.15) is 0 Å². The third kappa shape index (κ3) is 1.34. The van der Waals surface area contributed by atoms with E-state index in [1.165, 1.54) is 5.56 Å². The first-order valence-electron chi connectivity index (χ1n) is 4.13. The van der Waals surface area contributed by atoms with E-state index in [1.54, 1.807) is 6.20 Å². The molecule has 0 spiro atoms. The second kappa shape index (κ2) is 3.03. The maximum Gasteiger partial charge on any atom is 0.0725 e. The van der Waals surface area contributed by atoms with Crippen LogP contribution in [-0.2, 0) is 0 Å². The molecule has 0 aliphatic heterocycles. The Morgan fingerprint density at radius 1 is 1.31 bits per heavy atom. The van der Waals surface area contributed by atoms with E-state index in [0.29, 0.717) is 0 Å². The van der Waals surface area contributed by atoms with Crippen molar-refractivity contribution in [3.8, 4) is 0 Å². The SMILES string of the molecule is Cc1ccc2c(NN)ccnc2c1. The Morgan fingerprint density at radius 3 is 2.92 bits per heavy atom. The van der Waals surface area contributed by atoms with Gasteiger partial charge in [-0.3, -0.25) is 10.8 Å². The van der Waals surface area contributed by atoms with Crippen molar-refractivity contribution in [1.29, 1.82) is 0 Å². The average molecular weight is 173 g/mol. The van der Waals surface area contributed by atoms with Gasteiger partial charge in [0, 0.05) is 11.6 Å². The molecule has 1 aromatic carbocycles. The molecule has 3 heteroatoms. The van der Waals surface area contributed by atoms with Gasteiger partial charge < -0.3 is 5.43 Å². The number of anilines is 1. The first kappa shape index (κ1) is 8.01. The molecule has 0 atom stereocenters. The maximum absolute atomic E-state index is 5.38. The zero-order chi connectivity index (χ0) is 9.26. The molecule has 1 aromatic heterocycles. The molecule has 0 saturated heterocycles. The van der Waals surface area contributed by atoms with Crippen molar-refractivity contribution in [1.82, 2.24) is 4.98 Å². The van der Waals surface area contributed by atoms with Crippen LogP contribution in [0.25, 0.3) is 10.9 Å². The van der Waals surface area contributed by atoms with Crippen LogP contribution >= 0.6 is 0 Å². The van der Waals surface area contributed by atoms with Crippen molar-refractivity contribution >= 4 is 16.6 Å². The van der Waals surface area contributed by atoms with Crippen LogP contribution in [0.3, 0.4) is 0 Å². The normalized spacial score (nSPS) is 10.3. The monoisotopic (exact) mass is 173 g/mol. The molecule has 2 rings (SSSR count). The van der Waals surface area contributed by atoms with Gasteiger partial charge in [-0.25, -0.2) is 0 Å². The van der Waals surface area contributed by atoms with Crippen LogP contribution in [0, 0.1) is 6.92 Å². The number of fused-ring (bicyclic) bond motifs is 1. The molecule has 0 amide bonds. The summed E-state index contributed by atoms with van der Waals surface area (Å²) in [6, 6.07) is 7.96. The lowest BCUT2D eigenvalue weighted by Crippen LogP contribution is -2.07. The first-order valence-corrected chi connectivity index (χ1v) is 4.13. The Kier molecular flexibility index (Phi) is 1.87. The molecule has 66 valence electrons. The highest BCUT2D eigenvalue weighted by atomic mass is 15.2. The molecular formula is C10H11N3. The summed E-state index contributed by atoms with van der Waals surface area (Å²) in [5, 5.41) is 1.05. The fourth-order valence-corrected chi connectivity index (χ4v) is 1.38. The number of aryl methyl sites for hydroxylation is 1. The number of nitrogens with one attached hydrogen (secondary N) is 1. The molecule has 3 N–H and O–H groups in total. The van der Waals surface area contributed by atoms with Gasteiger partial charge in [-0.1, -0.05) is 12.1 Å². The van der Waals surface area contributed by atoms with Gasteiger partial charge in [-0.05, 0) is 24.6 Å². The third-order valence-electron chi connectivity index (χ3n) is 2.05. The largest absolute Gasteiger partial charge is 0.323 e. The molecule has 13 heavy (non-hydrogen) atoms. The van der Waals surface area contributed by atoms with Crippen LogP contribution in [0.15, 0.2) is 30.5 Å². The number of nitrogen functional groups attached to an aromatic ring is 1. The summed E-state index contributed by atoms with van der Waals surface area (Å²) in [6.07, 6.45) is 1.75. The minimum atomic E-state index is 0.907. The van der Waals surface area contributed by atoms with Crippen molar-refractivity contribution in [2.75, 3.05) is 5.43 Å². The molecule has 1 heterocycles. The number of benzene rings is 1. The Morgan fingerprint density at radius 2 is 2.15 bits per heavy atom. The highest BCUT2D eigenvalue weighted by Gasteiger charge is 1.99. The van der Waals surface area contributed by atoms with Gasteiger partial charge in [0.1, 0.15) is 0 Å². The van der Waals surface area contributed by atoms with E-state index in [9.17, 15) is 0 Å². The number of aromatic nitrogens is 1. The minimum Gasteiger partial charge on any atom is -0.323 e. The van der Waals surface area contributed by atoms with E-state index >= 15 is 0 Å². The quantitative estimate of drug-likeness (QED) is 0.511. The molecule has 0 aliphatic carbocycles. The standard InChI is InChI=1S/C10H11N3/c1-7-2-3-8-9(13-11)4-5-12-10(8)6-7/h2-6H,11H2,1H3,(H,12,13). The zero-order valence-corrected chi connectivity index (χ0v) is 7.41. The summed E-state index contributed by atoms with van der Waals surface area (Å²) in [7, 11) is 0. The number of hydrogen-bond donors (Lipinski definition) is 2. The van der Waals surface area contributed by atoms with Gasteiger partial charge in [0.25, 0.3) is 0 Å². The molecular weight excluding hydrogens is 162 g/mol. The molecule has 0 bridgehead atoms. The van der Waals surface area contributed by atoms with Gasteiger partial charge in [0.05, 0.1) is 11.2 Å². The molecule has 2 aromatic rings. The van der Waals surface area contributed by atoms with Crippen LogP contribution in [0.5, 0.6) is 0 Å². The summed E-state index contributed by atoms with van der Waals surface area (Å²) in [5.74, 6) is 5.38. The second-order valence-corrected chi connectivity index (χ2v) is 3.02. The van der Waals surface area contributed by atoms with Crippen LogP contribution in [0.1, 0.15) is 5.56 Å². The van der Waals surface area contributed by atoms with Crippen LogP contribution in [-0.4, -0.2) is 4.98 Å². The lowest BCUT2D eigenvalue weighted by atomic mass is 10.1. The predicted molar refractivity (Wildman–Crippen MR) is 54.3 cm³/mol. The van der Waals surface area contributed by atoms with Crippen molar-refractivity contribution in [3.63, 3.8) is 0 Å². The zero-order valence-electron chi connectivity index (χ0n) is 7.41. The van der Waals surface area contributed by atoms with E-state index in [-0.39, 0.29) is 0 Å². The van der Waals surface area contributed by atoms with Gasteiger partial charge in [-0.15, -0.1) is 0 Å². The Bertz CT molecular complexity index is 437. The van der Waals surface area contributed by atoms with E-state index in [1.807, 2.05) is 31.2 Å². The lowest BCUT2D eigenvalue weighted by molar-refractivity contribution is 1.33. The Labute approximate surface area is 76.6 Å². The Balaban J connectivity index is 2.77. The molecule has 0 fully saturated rings. The lowest BCUT2D eigenvalue weighted by Gasteiger charge is -2.04. The van der Waals surface area contributed by atoms with Crippen molar-refractivity contribution < 1.29 is 0 Å². The molecule has 0 radical (unpaired) electrons. The topological polar surface area (TPSA) is 50.9 Å². The predicted octanol–water partition coefficient (Wildman–Crippen LogP) is 1.83. The average Bonchev–Trinajstić information content (AvgIpc) is 2.16. The summed E-state index contributed by atoms with van der Waals surface area (Å²) >= 11 is 0. The fourth-order valence-electron chi connectivity index (χ4n) is 1.38. The van der Waals surface area contributed by atoms with E-state index in [4.69, 9.17) is 5.84 Å². The van der Waals surface area contributed by atoms with Gasteiger partial charge in [0.2, 0.25) is 0 Å². The number of hydrogen-bond acceptors (Lipinski definition) is 3. The van der Waals surface area contributed by atoms with Crippen molar-refractivity contribution in [2.24, 2.45) is 5.84 Å². The number of rotatable bonds is 1. The molecule has 0 aliphatic rings. The number of nitrogens with two attached hydrogens (primary N) is 1. The molecule has 3 nitrogen and oxygen atoms in total. The Hall–Kier alpha value is -1.61. The fraction of sp³-hybridized carbons (Fsp3) is 0.100. The molecule has 0 unspecified atom stereocenters. The van der Waals surface area contributed by atoms with E-state index < -0.39 is 0 Å². The number of nitrogens with zero attached hydrogens (tertiary/aromatic N) is 1. The third-order valence-corrected chi connectivity index (χ3v) is 2.05. The summed E-state index contributed by atoms with van der Waals surface area (Å²) in [6.45, 7) is 2.05. The highest BCUT2D eigenvalue weighted by Crippen LogP contribution is 2.20. The van der Waals surface area contributed by atoms with E-state index in [0.717, 1.165) is 16.6 Å². The first-order chi connectivity index (χ1) is 6.31. The van der Waals surface area contributed by atoms with Crippen LogP contribution < -0.4 is 11.3 Å². The highest BCUT2D eigenvalue weighted by molar-refractivity contribution is 5.91. The van der Waals surface area contributed by atoms with E-state index in [2.05, 4.69) is 10.4 Å². The smallest absolute Gasteiger partial charge is 0.0725 e. The summed E-state index contributed by atoms with van der Waals surface area (Å²) < 4.78 is 0. The second-order valence-electron chi connectivity index (χ2n) is 3.02. The number of hydrazine groups is 1. The summed E-state index contributed by atoms with van der Waals surface area (Å²) in [5.41, 5.74) is 5.73.